The lowest BCUT2D eigenvalue weighted by Gasteiger charge is -2.11. The maximum atomic E-state index is 12.7. The van der Waals surface area contributed by atoms with Gasteiger partial charge in [0.1, 0.15) is 17.9 Å². The van der Waals surface area contributed by atoms with Crippen LogP contribution < -0.4 is 4.74 Å². The maximum Gasteiger partial charge on any atom is 0.416 e. The van der Waals surface area contributed by atoms with Gasteiger partial charge in [0.25, 0.3) is 0 Å². The summed E-state index contributed by atoms with van der Waals surface area (Å²) in [4.78, 5) is 13.1. The van der Waals surface area contributed by atoms with Crippen molar-refractivity contribution in [2.45, 2.75) is 17.7 Å². The lowest BCUT2D eigenvalue weighted by atomic mass is 10.1. The van der Waals surface area contributed by atoms with E-state index >= 15 is 0 Å². The second-order valence-electron chi connectivity index (χ2n) is 4.84. The van der Waals surface area contributed by atoms with Gasteiger partial charge in [-0.25, -0.2) is 4.79 Å². The molecule has 128 valence electrons. The van der Waals surface area contributed by atoms with E-state index in [1.165, 1.54) is 31.0 Å². The molecular weight excluding hydrogens is 341 g/mol. The van der Waals surface area contributed by atoms with Gasteiger partial charge in [-0.3, -0.25) is 0 Å². The Morgan fingerprint density at radius 2 is 1.92 bits per heavy atom. The Labute approximate surface area is 141 Å². The average molecular weight is 356 g/mol. The Hall–Kier alpha value is -2.15. The van der Waals surface area contributed by atoms with Gasteiger partial charge in [-0.1, -0.05) is 12.1 Å². The summed E-state index contributed by atoms with van der Waals surface area (Å²) in [6.07, 6.45) is -2.54. The van der Waals surface area contributed by atoms with E-state index in [1.54, 1.807) is 18.2 Å². The molecule has 24 heavy (non-hydrogen) atoms. The number of esters is 1. The number of methoxy groups -OCH3 is 1. The predicted octanol–water partition coefficient (Wildman–Crippen LogP) is 4.79. The van der Waals surface area contributed by atoms with Gasteiger partial charge in [-0.2, -0.15) is 13.2 Å². The third-order valence-electron chi connectivity index (χ3n) is 3.25. The van der Waals surface area contributed by atoms with Crippen LogP contribution in [-0.4, -0.2) is 19.3 Å². The van der Waals surface area contributed by atoms with Crippen molar-refractivity contribution >= 4 is 17.7 Å². The van der Waals surface area contributed by atoms with Crippen LogP contribution in [-0.2, 0) is 17.5 Å². The smallest absolute Gasteiger partial charge is 0.416 e. The van der Waals surface area contributed by atoms with Crippen LogP contribution in [0, 0.1) is 0 Å². The van der Waals surface area contributed by atoms with Crippen LogP contribution in [0.25, 0.3) is 0 Å². The zero-order valence-electron chi connectivity index (χ0n) is 13.0. The monoisotopic (exact) mass is 356 g/mol. The molecule has 0 aliphatic carbocycles. The van der Waals surface area contributed by atoms with Crippen LogP contribution in [0.15, 0.2) is 47.4 Å². The first-order valence-electron chi connectivity index (χ1n) is 6.90. The molecule has 2 rings (SSSR count). The summed E-state index contributed by atoms with van der Waals surface area (Å²) in [7, 11) is 1.43. The summed E-state index contributed by atoms with van der Waals surface area (Å²) < 4.78 is 48.3. The van der Waals surface area contributed by atoms with Gasteiger partial charge in [0.2, 0.25) is 0 Å². The highest BCUT2D eigenvalue weighted by atomic mass is 32.2. The Kier molecular flexibility index (Phi) is 5.77. The molecule has 7 heteroatoms. The van der Waals surface area contributed by atoms with Crippen LogP contribution in [0.5, 0.6) is 5.75 Å². The second kappa shape index (κ2) is 7.61. The minimum Gasteiger partial charge on any atom is -0.496 e. The Morgan fingerprint density at radius 3 is 2.54 bits per heavy atom. The number of carbonyl (C=O) groups is 1. The van der Waals surface area contributed by atoms with Gasteiger partial charge in [-0.15, -0.1) is 11.8 Å². The molecular formula is C17H15F3O3S. The van der Waals surface area contributed by atoms with Crippen LogP contribution in [0.2, 0.25) is 0 Å². The predicted molar refractivity (Wildman–Crippen MR) is 85.3 cm³/mol. The largest absolute Gasteiger partial charge is 0.496 e. The van der Waals surface area contributed by atoms with E-state index in [1.807, 2.05) is 6.26 Å². The summed E-state index contributed by atoms with van der Waals surface area (Å²) in [6.45, 7) is -0.254. The summed E-state index contributed by atoms with van der Waals surface area (Å²) in [5.74, 6) is -0.298. The van der Waals surface area contributed by atoms with Crippen molar-refractivity contribution in [1.82, 2.24) is 0 Å². The van der Waals surface area contributed by atoms with E-state index in [9.17, 15) is 18.0 Å². The van der Waals surface area contributed by atoms with E-state index in [0.717, 1.165) is 17.0 Å². The molecule has 0 heterocycles. The SMILES string of the molecule is COc1cc(SC)ccc1C(=O)OCc1cccc(C(F)(F)F)c1. The molecule has 0 bridgehead atoms. The zero-order valence-corrected chi connectivity index (χ0v) is 13.8. The summed E-state index contributed by atoms with van der Waals surface area (Å²) in [5.41, 5.74) is -0.293. The first-order chi connectivity index (χ1) is 11.3. The van der Waals surface area contributed by atoms with Gasteiger partial charge >= 0.3 is 12.1 Å². The van der Waals surface area contributed by atoms with Crippen molar-refractivity contribution in [2.24, 2.45) is 0 Å². The number of halogens is 3. The van der Waals surface area contributed by atoms with Crippen LogP contribution >= 0.6 is 11.8 Å². The minimum absolute atomic E-state index is 0.224. The first-order valence-corrected chi connectivity index (χ1v) is 8.13. The van der Waals surface area contributed by atoms with Gasteiger partial charge in [0.15, 0.2) is 0 Å². The molecule has 0 unspecified atom stereocenters. The molecule has 0 aliphatic rings. The number of hydrogen-bond acceptors (Lipinski definition) is 4. The lowest BCUT2D eigenvalue weighted by molar-refractivity contribution is -0.137. The molecule has 0 fully saturated rings. The zero-order chi connectivity index (χ0) is 17.7. The van der Waals surface area contributed by atoms with Crippen molar-refractivity contribution in [3.8, 4) is 5.75 Å². The number of hydrogen-bond donors (Lipinski definition) is 0. The third kappa shape index (κ3) is 4.44. The fourth-order valence-corrected chi connectivity index (χ4v) is 2.46. The number of carbonyl (C=O) groups excluding carboxylic acids is 1. The molecule has 3 nitrogen and oxygen atoms in total. The number of thioether (sulfide) groups is 1. The summed E-state index contributed by atoms with van der Waals surface area (Å²) >= 11 is 1.49. The first kappa shape index (κ1) is 18.2. The highest BCUT2D eigenvalue weighted by Gasteiger charge is 2.30. The Bertz CT molecular complexity index is 729. The molecule has 0 saturated carbocycles. The standard InChI is InChI=1S/C17H15F3O3S/c1-22-15-9-13(24-2)6-7-14(15)16(21)23-10-11-4-3-5-12(8-11)17(18,19)20/h3-9H,10H2,1-2H3. The molecule has 2 aromatic carbocycles. The fourth-order valence-electron chi connectivity index (χ4n) is 2.03. The third-order valence-corrected chi connectivity index (χ3v) is 3.98. The highest BCUT2D eigenvalue weighted by molar-refractivity contribution is 7.98. The molecule has 0 aliphatic heterocycles. The van der Waals surface area contributed by atoms with E-state index in [-0.39, 0.29) is 17.7 Å². The van der Waals surface area contributed by atoms with Gasteiger partial charge < -0.3 is 9.47 Å². The molecule has 0 amide bonds. The van der Waals surface area contributed by atoms with Gasteiger partial charge in [0.05, 0.1) is 12.7 Å². The van der Waals surface area contributed by atoms with E-state index in [0.29, 0.717) is 5.75 Å². The van der Waals surface area contributed by atoms with Crippen molar-refractivity contribution in [2.75, 3.05) is 13.4 Å². The van der Waals surface area contributed by atoms with Crippen molar-refractivity contribution in [3.63, 3.8) is 0 Å². The molecule has 0 saturated heterocycles. The molecule has 0 N–H and O–H groups in total. The highest BCUT2D eigenvalue weighted by Crippen LogP contribution is 2.30. The van der Waals surface area contributed by atoms with Crippen LogP contribution in [0.3, 0.4) is 0 Å². The minimum atomic E-state index is -4.43. The topological polar surface area (TPSA) is 35.5 Å². The average Bonchev–Trinajstić information content (AvgIpc) is 2.58. The maximum absolute atomic E-state index is 12.7. The Balaban J connectivity index is 2.11. The van der Waals surface area contributed by atoms with E-state index in [4.69, 9.17) is 9.47 Å². The quantitative estimate of drug-likeness (QED) is 0.570. The summed E-state index contributed by atoms with van der Waals surface area (Å²) in [6, 6.07) is 9.69. The number of ether oxygens (including phenoxy) is 2. The van der Waals surface area contributed by atoms with Gasteiger partial charge in [0, 0.05) is 4.90 Å². The lowest BCUT2D eigenvalue weighted by Crippen LogP contribution is -2.09. The van der Waals surface area contributed by atoms with Crippen molar-refractivity contribution in [3.05, 3.63) is 59.2 Å². The molecule has 2 aromatic rings. The molecule has 0 aromatic heterocycles. The van der Waals surface area contributed by atoms with Crippen LogP contribution in [0.4, 0.5) is 13.2 Å². The van der Waals surface area contributed by atoms with Crippen molar-refractivity contribution < 1.29 is 27.4 Å². The Morgan fingerprint density at radius 1 is 1.17 bits per heavy atom. The second-order valence-corrected chi connectivity index (χ2v) is 5.72. The van der Waals surface area contributed by atoms with E-state index in [2.05, 4.69) is 0 Å². The summed E-state index contributed by atoms with van der Waals surface area (Å²) in [5, 5.41) is 0. The normalized spacial score (nSPS) is 11.2. The molecule has 0 radical (unpaired) electrons. The number of alkyl halides is 3. The number of rotatable bonds is 5. The molecule has 0 atom stereocenters. The van der Waals surface area contributed by atoms with Crippen LogP contribution in [0.1, 0.15) is 21.5 Å². The molecule has 0 spiro atoms. The van der Waals surface area contributed by atoms with Crippen molar-refractivity contribution in [1.29, 1.82) is 0 Å². The fraction of sp³-hybridized carbons (Fsp3) is 0.235. The van der Waals surface area contributed by atoms with E-state index < -0.39 is 17.7 Å². The number of benzene rings is 2. The van der Waals surface area contributed by atoms with Gasteiger partial charge in [-0.05, 0) is 42.2 Å².